The monoisotopic (exact) mass is 359 g/mol. The molecule has 0 aliphatic carbocycles. The lowest BCUT2D eigenvalue weighted by atomic mass is 9.97. The molecule has 3 aromatic rings. The van der Waals surface area contributed by atoms with Crippen molar-refractivity contribution in [3.8, 4) is 11.4 Å². The first-order valence-corrected chi connectivity index (χ1v) is 9.70. The zero-order chi connectivity index (χ0) is 18.6. The molecule has 1 amide bonds. The van der Waals surface area contributed by atoms with Gasteiger partial charge >= 0.3 is 0 Å². The van der Waals surface area contributed by atoms with Crippen molar-refractivity contribution >= 4 is 11.6 Å². The number of hydrogen-bond acceptors (Lipinski definition) is 2. The zero-order valence-corrected chi connectivity index (χ0v) is 15.7. The fourth-order valence-electron chi connectivity index (χ4n) is 3.76. The highest BCUT2D eigenvalue weighted by Gasteiger charge is 2.15. The zero-order valence-electron chi connectivity index (χ0n) is 15.7. The van der Waals surface area contributed by atoms with Gasteiger partial charge in [0.1, 0.15) is 5.82 Å². The normalized spacial score (nSPS) is 14.4. The first kappa shape index (κ1) is 17.5. The Labute approximate surface area is 160 Å². The number of amides is 1. The summed E-state index contributed by atoms with van der Waals surface area (Å²) in [6.45, 7) is 3.12. The molecule has 1 atom stereocenters. The fraction of sp³-hybridized carbons (Fsp3) is 0.304. The van der Waals surface area contributed by atoms with Crippen LogP contribution in [0.15, 0.2) is 60.8 Å². The van der Waals surface area contributed by atoms with E-state index in [2.05, 4.69) is 33.9 Å². The predicted octanol–water partition coefficient (Wildman–Crippen LogP) is 5.02. The van der Waals surface area contributed by atoms with Crippen molar-refractivity contribution < 1.29 is 4.79 Å². The van der Waals surface area contributed by atoms with E-state index in [4.69, 9.17) is 0 Å². The Kier molecular flexibility index (Phi) is 5.05. The van der Waals surface area contributed by atoms with Gasteiger partial charge in [-0.15, -0.1) is 0 Å². The van der Waals surface area contributed by atoms with E-state index in [1.165, 1.54) is 24.1 Å². The average Bonchev–Trinajstić information content (AvgIpc) is 3.13. The van der Waals surface area contributed by atoms with E-state index in [0.717, 1.165) is 30.0 Å². The van der Waals surface area contributed by atoms with E-state index >= 15 is 0 Å². The van der Waals surface area contributed by atoms with Crippen LogP contribution in [-0.4, -0.2) is 15.5 Å². The third-order valence-corrected chi connectivity index (χ3v) is 5.29. The summed E-state index contributed by atoms with van der Waals surface area (Å²) in [7, 11) is 0. The quantitative estimate of drug-likeness (QED) is 0.695. The van der Waals surface area contributed by atoms with Crippen molar-refractivity contribution in [2.45, 2.75) is 45.1 Å². The topological polar surface area (TPSA) is 46.9 Å². The van der Waals surface area contributed by atoms with Gasteiger partial charge in [-0.05, 0) is 55.0 Å². The van der Waals surface area contributed by atoms with Gasteiger partial charge in [0, 0.05) is 36.1 Å². The Balaban J connectivity index is 1.41. The van der Waals surface area contributed by atoms with Gasteiger partial charge in [-0.2, -0.15) is 0 Å². The third-order valence-electron chi connectivity index (χ3n) is 5.29. The molecule has 0 saturated carbocycles. The van der Waals surface area contributed by atoms with Gasteiger partial charge in [-0.3, -0.25) is 4.79 Å². The van der Waals surface area contributed by atoms with Crippen LogP contribution >= 0.6 is 0 Å². The Morgan fingerprint density at radius 3 is 2.67 bits per heavy atom. The lowest BCUT2D eigenvalue weighted by Crippen LogP contribution is -2.14. The predicted molar refractivity (Wildman–Crippen MR) is 109 cm³/mol. The maximum atomic E-state index is 12.4. The molecule has 4 nitrogen and oxygen atoms in total. The Morgan fingerprint density at radius 2 is 1.89 bits per heavy atom. The van der Waals surface area contributed by atoms with Gasteiger partial charge in [0.2, 0.25) is 5.91 Å². The molecule has 0 bridgehead atoms. The summed E-state index contributed by atoms with van der Waals surface area (Å²) in [5.74, 6) is 1.26. The van der Waals surface area contributed by atoms with Crippen molar-refractivity contribution in [2.24, 2.45) is 0 Å². The van der Waals surface area contributed by atoms with Crippen LogP contribution in [0.25, 0.3) is 11.4 Å². The number of rotatable bonds is 5. The number of fused-ring (bicyclic) bond motifs is 1. The number of aromatic nitrogens is 2. The first-order chi connectivity index (χ1) is 13.2. The number of nitrogens with one attached hydrogen (secondary N) is 1. The number of carbonyl (C=O) groups excluding carboxylic acids is 1. The average molecular weight is 359 g/mol. The molecule has 1 aliphatic rings. The van der Waals surface area contributed by atoms with Crippen LogP contribution in [0.1, 0.15) is 43.4 Å². The summed E-state index contributed by atoms with van der Waals surface area (Å²) < 4.78 is 2.32. The molecule has 2 heterocycles. The van der Waals surface area contributed by atoms with Crippen molar-refractivity contribution in [1.82, 2.24) is 9.55 Å². The number of carbonyl (C=O) groups is 1. The van der Waals surface area contributed by atoms with Gasteiger partial charge in [0.25, 0.3) is 0 Å². The number of benzene rings is 2. The Bertz CT molecular complexity index is 913. The van der Waals surface area contributed by atoms with Crippen molar-refractivity contribution in [3.63, 3.8) is 0 Å². The summed E-state index contributed by atoms with van der Waals surface area (Å²) in [5.41, 5.74) is 4.43. The molecule has 4 rings (SSSR count). The van der Waals surface area contributed by atoms with Crippen LogP contribution in [0, 0.1) is 0 Å². The first-order valence-electron chi connectivity index (χ1n) is 9.70. The lowest BCUT2D eigenvalue weighted by molar-refractivity contribution is -0.116. The highest BCUT2D eigenvalue weighted by Crippen LogP contribution is 2.26. The molecule has 0 fully saturated rings. The second-order valence-corrected chi connectivity index (χ2v) is 7.32. The standard InChI is InChI=1S/C23H25N3O/c1-17(18-7-3-2-4-8-18)15-22(27)25-20-12-10-19(11-13-20)23-24-16-21-9-5-6-14-26(21)23/h2-4,7-8,10-13,16-17H,5-6,9,14-15H2,1H3,(H,25,27). The summed E-state index contributed by atoms with van der Waals surface area (Å²) in [6, 6.07) is 18.2. The molecule has 1 N–H and O–H groups in total. The molecule has 27 heavy (non-hydrogen) atoms. The lowest BCUT2D eigenvalue weighted by Gasteiger charge is -2.16. The SMILES string of the molecule is CC(CC(=O)Nc1ccc(-c2ncc3n2CCCC3)cc1)c1ccccc1. The highest BCUT2D eigenvalue weighted by atomic mass is 16.1. The smallest absolute Gasteiger partial charge is 0.224 e. The largest absolute Gasteiger partial charge is 0.328 e. The van der Waals surface area contributed by atoms with E-state index in [0.29, 0.717) is 6.42 Å². The van der Waals surface area contributed by atoms with Crippen molar-refractivity contribution in [1.29, 1.82) is 0 Å². The summed E-state index contributed by atoms with van der Waals surface area (Å²) in [4.78, 5) is 17.0. The number of anilines is 1. The third kappa shape index (κ3) is 3.95. The molecule has 1 aliphatic heterocycles. The molecule has 138 valence electrons. The van der Waals surface area contributed by atoms with Crippen molar-refractivity contribution in [3.05, 3.63) is 72.1 Å². The van der Waals surface area contributed by atoms with E-state index in [1.807, 2.05) is 48.7 Å². The minimum atomic E-state index is 0.0392. The molecule has 0 spiro atoms. The van der Waals surface area contributed by atoms with E-state index in [-0.39, 0.29) is 11.8 Å². The molecular formula is C23H25N3O. The number of imidazole rings is 1. The molecule has 0 radical (unpaired) electrons. The minimum Gasteiger partial charge on any atom is -0.328 e. The Hall–Kier alpha value is -2.88. The van der Waals surface area contributed by atoms with Crippen LogP contribution in [0.4, 0.5) is 5.69 Å². The summed E-state index contributed by atoms with van der Waals surface area (Å²) >= 11 is 0. The van der Waals surface area contributed by atoms with E-state index < -0.39 is 0 Å². The number of hydrogen-bond donors (Lipinski definition) is 1. The van der Waals surface area contributed by atoms with Crippen LogP contribution in [-0.2, 0) is 17.8 Å². The van der Waals surface area contributed by atoms with Crippen LogP contribution in [0.3, 0.4) is 0 Å². The van der Waals surface area contributed by atoms with Crippen LogP contribution in [0.2, 0.25) is 0 Å². The number of nitrogens with zero attached hydrogens (tertiary/aromatic N) is 2. The number of aryl methyl sites for hydroxylation is 1. The van der Waals surface area contributed by atoms with E-state index in [1.54, 1.807) is 0 Å². The second-order valence-electron chi connectivity index (χ2n) is 7.32. The van der Waals surface area contributed by atoms with Gasteiger partial charge < -0.3 is 9.88 Å². The van der Waals surface area contributed by atoms with E-state index in [9.17, 15) is 4.79 Å². The molecule has 1 aromatic heterocycles. The minimum absolute atomic E-state index is 0.0392. The van der Waals surface area contributed by atoms with Gasteiger partial charge in [0.05, 0.1) is 0 Å². The molecule has 4 heteroatoms. The van der Waals surface area contributed by atoms with Crippen LogP contribution in [0.5, 0.6) is 0 Å². The maximum Gasteiger partial charge on any atom is 0.224 e. The molecule has 0 saturated heterocycles. The molecular weight excluding hydrogens is 334 g/mol. The fourth-order valence-corrected chi connectivity index (χ4v) is 3.76. The molecule has 2 aromatic carbocycles. The van der Waals surface area contributed by atoms with Gasteiger partial charge in [-0.1, -0.05) is 37.3 Å². The van der Waals surface area contributed by atoms with Crippen LogP contribution < -0.4 is 5.32 Å². The van der Waals surface area contributed by atoms with Gasteiger partial charge in [0.15, 0.2) is 0 Å². The molecule has 1 unspecified atom stereocenters. The van der Waals surface area contributed by atoms with Gasteiger partial charge in [-0.25, -0.2) is 4.98 Å². The Morgan fingerprint density at radius 1 is 1.11 bits per heavy atom. The highest BCUT2D eigenvalue weighted by molar-refractivity contribution is 5.91. The maximum absolute atomic E-state index is 12.4. The van der Waals surface area contributed by atoms with Crippen molar-refractivity contribution in [2.75, 3.05) is 5.32 Å². The summed E-state index contributed by atoms with van der Waals surface area (Å²) in [6.07, 6.45) is 6.04. The summed E-state index contributed by atoms with van der Waals surface area (Å²) in [5, 5.41) is 3.01. The second kappa shape index (κ2) is 7.78.